The SMILES string of the molecule is CCc1ccc(Br)cc1C(Br)C(C)=O. The first kappa shape index (κ1) is 11.9. The van der Waals surface area contributed by atoms with Crippen molar-refractivity contribution in [2.45, 2.75) is 25.1 Å². The van der Waals surface area contributed by atoms with Gasteiger partial charge in [0.1, 0.15) is 5.78 Å². The quantitative estimate of drug-likeness (QED) is 0.769. The Kier molecular flexibility index (Phi) is 4.32. The van der Waals surface area contributed by atoms with Crippen molar-refractivity contribution in [3.63, 3.8) is 0 Å². The van der Waals surface area contributed by atoms with E-state index in [0.29, 0.717) is 0 Å². The number of benzene rings is 1. The van der Waals surface area contributed by atoms with Crippen LogP contribution < -0.4 is 0 Å². The van der Waals surface area contributed by atoms with E-state index in [0.717, 1.165) is 16.5 Å². The molecule has 1 atom stereocenters. The number of carbonyl (C=O) groups is 1. The fourth-order valence-electron chi connectivity index (χ4n) is 1.34. The molecule has 0 amide bonds. The number of carbonyl (C=O) groups excluding carboxylic acids is 1. The highest BCUT2D eigenvalue weighted by atomic mass is 79.9. The fraction of sp³-hybridized carbons (Fsp3) is 0.364. The average molecular weight is 320 g/mol. The van der Waals surface area contributed by atoms with Crippen LogP contribution in [-0.4, -0.2) is 5.78 Å². The van der Waals surface area contributed by atoms with E-state index < -0.39 is 0 Å². The lowest BCUT2D eigenvalue weighted by molar-refractivity contribution is -0.116. The first-order valence-electron chi connectivity index (χ1n) is 4.49. The van der Waals surface area contributed by atoms with E-state index in [1.54, 1.807) is 6.92 Å². The van der Waals surface area contributed by atoms with Crippen molar-refractivity contribution in [3.8, 4) is 0 Å². The molecular formula is C11H12Br2O. The van der Waals surface area contributed by atoms with Gasteiger partial charge in [-0.25, -0.2) is 0 Å². The van der Waals surface area contributed by atoms with Gasteiger partial charge in [0, 0.05) is 4.47 Å². The summed E-state index contributed by atoms with van der Waals surface area (Å²) < 4.78 is 1.01. The Bertz CT molecular complexity index is 347. The van der Waals surface area contributed by atoms with Gasteiger partial charge in [-0.3, -0.25) is 4.79 Å². The molecule has 0 fully saturated rings. The summed E-state index contributed by atoms with van der Waals surface area (Å²) >= 11 is 6.82. The molecule has 3 heteroatoms. The van der Waals surface area contributed by atoms with Crippen molar-refractivity contribution in [1.82, 2.24) is 0 Å². The van der Waals surface area contributed by atoms with Crippen LogP contribution in [-0.2, 0) is 11.2 Å². The first-order chi connectivity index (χ1) is 6.56. The summed E-state index contributed by atoms with van der Waals surface area (Å²) in [5.74, 6) is 0.137. The van der Waals surface area contributed by atoms with E-state index in [-0.39, 0.29) is 10.6 Å². The standard InChI is InChI=1S/C11H12Br2O/c1-3-8-4-5-9(12)6-10(8)11(13)7(2)14/h4-6,11H,3H2,1-2H3. The second kappa shape index (κ2) is 5.08. The number of ketones is 1. The number of hydrogen-bond acceptors (Lipinski definition) is 1. The Morgan fingerprint density at radius 1 is 1.50 bits per heavy atom. The van der Waals surface area contributed by atoms with Crippen LogP contribution in [0.2, 0.25) is 0 Å². The van der Waals surface area contributed by atoms with Crippen molar-refractivity contribution in [2.75, 3.05) is 0 Å². The maximum atomic E-state index is 11.3. The highest BCUT2D eigenvalue weighted by molar-refractivity contribution is 9.10. The van der Waals surface area contributed by atoms with E-state index in [1.807, 2.05) is 12.1 Å². The Balaban J connectivity index is 3.16. The van der Waals surface area contributed by atoms with Crippen LogP contribution in [0.4, 0.5) is 0 Å². The number of Topliss-reactive ketones (excluding diaryl/α,β-unsaturated/α-hetero) is 1. The molecule has 0 spiro atoms. The van der Waals surface area contributed by atoms with Crippen LogP contribution in [0.25, 0.3) is 0 Å². The second-order valence-corrected chi connectivity index (χ2v) is 5.00. The maximum absolute atomic E-state index is 11.3. The molecule has 1 aromatic rings. The third-order valence-corrected chi connectivity index (χ3v) is 3.75. The molecule has 0 aliphatic carbocycles. The molecule has 1 rings (SSSR count). The minimum absolute atomic E-state index is 0.137. The third kappa shape index (κ3) is 2.67. The number of aryl methyl sites for hydroxylation is 1. The van der Waals surface area contributed by atoms with Crippen molar-refractivity contribution < 1.29 is 4.79 Å². The smallest absolute Gasteiger partial charge is 0.147 e. The molecule has 0 N–H and O–H groups in total. The lowest BCUT2D eigenvalue weighted by Crippen LogP contribution is -2.04. The van der Waals surface area contributed by atoms with Crippen molar-refractivity contribution in [1.29, 1.82) is 0 Å². The van der Waals surface area contributed by atoms with E-state index >= 15 is 0 Å². The number of halogens is 2. The summed E-state index contributed by atoms with van der Waals surface area (Å²) in [5, 5.41) is 0. The Labute approximate surface area is 101 Å². The molecule has 0 heterocycles. The van der Waals surface area contributed by atoms with Crippen LogP contribution in [0, 0.1) is 0 Å². The van der Waals surface area contributed by atoms with Gasteiger partial charge < -0.3 is 0 Å². The zero-order valence-corrected chi connectivity index (χ0v) is 11.4. The van der Waals surface area contributed by atoms with E-state index in [1.165, 1.54) is 5.56 Å². The lowest BCUT2D eigenvalue weighted by atomic mass is 10.0. The molecule has 76 valence electrons. The predicted octanol–water partition coefficient (Wildman–Crippen LogP) is 4.04. The highest BCUT2D eigenvalue weighted by Crippen LogP contribution is 2.29. The van der Waals surface area contributed by atoms with Gasteiger partial charge in [-0.2, -0.15) is 0 Å². The van der Waals surface area contributed by atoms with Gasteiger partial charge in [0.05, 0.1) is 4.83 Å². The van der Waals surface area contributed by atoms with Gasteiger partial charge in [-0.1, -0.05) is 44.8 Å². The largest absolute Gasteiger partial charge is 0.298 e. The normalized spacial score (nSPS) is 12.6. The molecule has 0 bridgehead atoms. The lowest BCUT2D eigenvalue weighted by Gasteiger charge is -2.12. The zero-order valence-electron chi connectivity index (χ0n) is 8.18. The summed E-state index contributed by atoms with van der Waals surface area (Å²) in [4.78, 5) is 11.1. The molecule has 1 nitrogen and oxygen atoms in total. The predicted molar refractivity (Wildman–Crippen MR) is 65.9 cm³/mol. The molecule has 0 aromatic heterocycles. The fourth-order valence-corrected chi connectivity index (χ4v) is 2.15. The second-order valence-electron chi connectivity index (χ2n) is 3.17. The molecular weight excluding hydrogens is 308 g/mol. The minimum Gasteiger partial charge on any atom is -0.298 e. The van der Waals surface area contributed by atoms with Gasteiger partial charge in [0.25, 0.3) is 0 Å². The van der Waals surface area contributed by atoms with Crippen molar-refractivity contribution >= 4 is 37.6 Å². The number of rotatable bonds is 3. The third-order valence-electron chi connectivity index (χ3n) is 2.12. The van der Waals surface area contributed by atoms with Gasteiger partial charge >= 0.3 is 0 Å². The molecule has 0 aliphatic rings. The van der Waals surface area contributed by atoms with E-state index in [2.05, 4.69) is 44.8 Å². The molecule has 0 aliphatic heterocycles. The molecule has 0 radical (unpaired) electrons. The van der Waals surface area contributed by atoms with Crippen molar-refractivity contribution in [3.05, 3.63) is 33.8 Å². The average Bonchev–Trinajstić information content (AvgIpc) is 2.16. The molecule has 1 aromatic carbocycles. The Morgan fingerprint density at radius 2 is 2.14 bits per heavy atom. The molecule has 0 saturated heterocycles. The van der Waals surface area contributed by atoms with Crippen LogP contribution in [0.3, 0.4) is 0 Å². The molecule has 0 saturated carbocycles. The minimum atomic E-state index is -0.185. The number of hydrogen-bond donors (Lipinski definition) is 0. The molecule has 14 heavy (non-hydrogen) atoms. The Hall–Kier alpha value is -0.150. The Morgan fingerprint density at radius 3 is 2.64 bits per heavy atom. The summed E-state index contributed by atoms with van der Waals surface area (Å²) in [6.45, 7) is 3.69. The van der Waals surface area contributed by atoms with Crippen LogP contribution in [0.1, 0.15) is 29.8 Å². The van der Waals surface area contributed by atoms with Crippen LogP contribution in [0.5, 0.6) is 0 Å². The maximum Gasteiger partial charge on any atom is 0.147 e. The molecule has 1 unspecified atom stereocenters. The summed E-state index contributed by atoms with van der Waals surface area (Å²) in [7, 11) is 0. The van der Waals surface area contributed by atoms with Crippen LogP contribution in [0.15, 0.2) is 22.7 Å². The van der Waals surface area contributed by atoms with Gasteiger partial charge in [-0.15, -0.1) is 0 Å². The summed E-state index contributed by atoms with van der Waals surface area (Å²) in [6, 6.07) is 6.05. The first-order valence-corrected chi connectivity index (χ1v) is 6.20. The van der Waals surface area contributed by atoms with E-state index in [9.17, 15) is 4.79 Å². The van der Waals surface area contributed by atoms with Crippen LogP contribution >= 0.6 is 31.9 Å². The van der Waals surface area contributed by atoms with Gasteiger partial charge in [-0.05, 0) is 36.6 Å². The summed E-state index contributed by atoms with van der Waals surface area (Å²) in [5.41, 5.74) is 2.28. The zero-order chi connectivity index (χ0) is 10.7. The number of alkyl halides is 1. The van der Waals surface area contributed by atoms with E-state index in [4.69, 9.17) is 0 Å². The highest BCUT2D eigenvalue weighted by Gasteiger charge is 2.15. The topological polar surface area (TPSA) is 17.1 Å². The van der Waals surface area contributed by atoms with Crippen molar-refractivity contribution in [2.24, 2.45) is 0 Å². The van der Waals surface area contributed by atoms with Gasteiger partial charge in [0.15, 0.2) is 0 Å². The summed E-state index contributed by atoms with van der Waals surface area (Å²) in [6.07, 6.45) is 0.942. The van der Waals surface area contributed by atoms with Gasteiger partial charge in [0.2, 0.25) is 0 Å². The monoisotopic (exact) mass is 318 g/mol.